The first-order valence-electron chi connectivity index (χ1n) is 5.40. The first-order valence-corrected chi connectivity index (χ1v) is 5.40. The predicted molar refractivity (Wildman–Crippen MR) is 60.0 cm³/mol. The highest BCUT2D eigenvalue weighted by atomic mass is 19.4. The predicted octanol–water partition coefficient (Wildman–Crippen LogP) is 2.40. The molecule has 106 valence electrons. The lowest BCUT2D eigenvalue weighted by atomic mass is 10.0. The Morgan fingerprint density at radius 3 is 2.58 bits per heavy atom. The summed E-state index contributed by atoms with van der Waals surface area (Å²) in [6, 6.07) is 3.95. The van der Waals surface area contributed by atoms with Crippen LogP contribution in [0.25, 0.3) is 0 Å². The lowest BCUT2D eigenvalue weighted by Crippen LogP contribution is -2.19. The molecular formula is C12H13F3O4. The summed E-state index contributed by atoms with van der Waals surface area (Å²) in [6.45, 7) is 0.395. The molecule has 1 rings (SSSR count). The Hall–Kier alpha value is -1.76. The van der Waals surface area contributed by atoms with Gasteiger partial charge in [0.15, 0.2) is 0 Å². The average Bonchev–Trinajstić information content (AvgIpc) is 2.27. The van der Waals surface area contributed by atoms with Crippen LogP contribution in [0.2, 0.25) is 0 Å². The highest BCUT2D eigenvalue weighted by Crippen LogP contribution is 2.27. The van der Waals surface area contributed by atoms with Gasteiger partial charge in [-0.1, -0.05) is 12.1 Å². The zero-order valence-corrected chi connectivity index (χ0v) is 10.2. The van der Waals surface area contributed by atoms with Crippen LogP contribution in [0.15, 0.2) is 18.2 Å². The number of methoxy groups -OCH3 is 1. The first kappa shape index (κ1) is 15.3. The van der Waals surface area contributed by atoms with E-state index in [0.717, 1.165) is 6.07 Å². The van der Waals surface area contributed by atoms with E-state index >= 15 is 0 Å². The molecule has 0 heterocycles. The number of aliphatic carboxylic acids is 1. The van der Waals surface area contributed by atoms with Gasteiger partial charge in [-0.2, -0.15) is 0 Å². The third kappa shape index (κ3) is 5.60. The molecule has 1 N–H and O–H groups in total. The van der Waals surface area contributed by atoms with Crippen molar-refractivity contribution < 1.29 is 32.5 Å². The van der Waals surface area contributed by atoms with E-state index in [-0.39, 0.29) is 5.56 Å². The molecule has 0 unspecified atom stereocenters. The number of rotatable bonds is 6. The van der Waals surface area contributed by atoms with Gasteiger partial charge in [0.25, 0.3) is 0 Å². The Kier molecular flexibility index (Phi) is 5.17. The van der Waals surface area contributed by atoms with Crippen LogP contribution in [-0.2, 0) is 22.4 Å². The third-order valence-electron chi connectivity index (χ3n) is 2.29. The largest absolute Gasteiger partial charge is 0.573 e. The van der Waals surface area contributed by atoms with Crippen molar-refractivity contribution in [1.82, 2.24) is 0 Å². The maximum atomic E-state index is 12.2. The summed E-state index contributed by atoms with van der Waals surface area (Å²) in [7, 11) is 1.50. The fraction of sp³-hybridized carbons (Fsp3) is 0.417. The van der Waals surface area contributed by atoms with E-state index < -0.39 is 24.5 Å². The molecule has 1 aromatic carbocycles. The lowest BCUT2D eigenvalue weighted by molar-refractivity contribution is -0.274. The zero-order chi connectivity index (χ0) is 14.5. The summed E-state index contributed by atoms with van der Waals surface area (Å²) in [4.78, 5) is 10.7. The number of carboxylic acids is 1. The maximum Gasteiger partial charge on any atom is 0.573 e. The standard InChI is InChI=1S/C12H13F3O4/c1-18-5-4-8-2-3-10(19-12(13,14)15)9(6-8)7-11(16)17/h2-3,6H,4-5,7H2,1H3,(H,16,17). The van der Waals surface area contributed by atoms with Crippen molar-refractivity contribution in [2.45, 2.75) is 19.2 Å². The van der Waals surface area contributed by atoms with Crippen LogP contribution in [0.3, 0.4) is 0 Å². The summed E-state index contributed by atoms with van der Waals surface area (Å²) in [5.74, 6) is -1.72. The minimum atomic E-state index is -4.85. The van der Waals surface area contributed by atoms with E-state index in [1.807, 2.05) is 0 Å². The second-order valence-corrected chi connectivity index (χ2v) is 3.80. The van der Waals surface area contributed by atoms with Gasteiger partial charge in [-0.25, -0.2) is 0 Å². The average molecular weight is 278 g/mol. The van der Waals surface area contributed by atoms with E-state index in [0.29, 0.717) is 18.6 Å². The number of ether oxygens (including phenoxy) is 2. The molecule has 4 nitrogen and oxygen atoms in total. The van der Waals surface area contributed by atoms with Gasteiger partial charge in [0.2, 0.25) is 0 Å². The van der Waals surface area contributed by atoms with Gasteiger partial charge in [-0.15, -0.1) is 13.2 Å². The van der Waals surface area contributed by atoms with E-state index in [1.54, 1.807) is 0 Å². The maximum absolute atomic E-state index is 12.2. The van der Waals surface area contributed by atoms with E-state index in [2.05, 4.69) is 4.74 Å². The van der Waals surface area contributed by atoms with Gasteiger partial charge in [-0.05, 0) is 18.1 Å². The molecule has 0 aliphatic carbocycles. The fourth-order valence-electron chi connectivity index (χ4n) is 1.53. The smallest absolute Gasteiger partial charge is 0.481 e. The zero-order valence-electron chi connectivity index (χ0n) is 10.2. The van der Waals surface area contributed by atoms with Crippen molar-refractivity contribution in [3.8, 4) is 5.75 Å². The Labute approximate surface area is 107 Å². The number of carboxylic acid groups (broad SMARTS) is 1. The minimum absolute atomic E-state index is 0.0153. The topological polar surface area (TPSA) is 55.8 Å². The van der Waals surface area contributed by atoms with E-state index in [4.69, 9.17) is 9.84 Å². The molecule has 0 saturated carbocycles. The van der Waals surface area contributed by atoms with Crippen LogP contribution >= 0.6 is 0 Å². The van der Waals surface area contributed by atoms with Crippen molar-refractivity contribution in [2.75, 3.05) is 13.7 Å². The van der Waals surface area contributed by atoms with Crippen molar-refractivity contribution in [1.29, 1.82) is 0 Å². The van der Waals surface area contributed by atoms with Gasteiger partial charge in [-0.3, -0.25) is 4.79 Å². The summed E-state index contributed by atoms with van der Waals surface area (Å²) >= 11 is 0. The summed E-state index contributed by atoms with van der Waals surface area (Å²) in [6.07, 6.45) is -4.90. The molecule has 0 fully saturated rings. The molecule has 7 heteroatoms. The fourth-order valence-corrected chi connectivity index (χ4v) is 1.53. The molecule has 0 atom stereocenters. The van der Waals surface area contributed by atoms with Crippen molar-refractivity contribution in [2.24, 2.45) is 0 Å². The highest BCUT2D eigenvalue weighted by Gasteiger charge is 2.32. The molecule has 19 heavy (non-hydrogen) atoms. The highest BCUT2D eigenvalue weighted by molar-refractivity contribution is 5.71. The second kappa shape index (κ2) is 6.42. The number of alkyl halides is 3. The Balaban J connectivity index is 2.98. The monoisotopic (exact) mass is 278 g/mol. The first-order chi connectivity index (χ1) is 8.81. The van der Waals surface area contributed by atoms with Gasteiger partial charge in [0, 0.05) is 12.7 Å². The molecule has 0 aliphatic rings. The quantitative estimate of drug-likeness (QED) is 0.868. The number of hydrogen-bond acceptors (Lipinski definition) is 3. The molecule has 0 aliphatic heterocycles. The van der Waals surface area contributed by atoms with E-state index in [9.17, 15) is 18.0 Å². The molecule has 0 saturated heterocycles. The summed E-state index contributed by atoms with van der Waals surface area (Å²) in [5, 5.41) is 8.70. The van der Waals surface area contributed by atoms with Gasteiger partial charge >= 0.3 is 12.3 Å². The summed E-state index contributed by atoms with van der Waals surface area (Å²) in [5.41, 5.74) is 0.672. The van der Waals surface area contributed by atoms with E-state index in [1.165, 1.54) is 19.2 Å². The number of hydrogen-bond donors (Lipinski definition) is 1. The SMILES string of the molecule is COCCc1ccc(OC(F)(F)F)c(CC(=O)O)c1. The second-order valence-electron chi connectivity index (χ2n) is 3.80. The number of carbonyl (C=O) groups is 1. The molecule has 0 radical (unpaired) electrons. The molecule has 0 aromatic heterocycles. The van der Waals surface area contributed by atoms with Crippen LogP contribution in [0.1, 0.15) is 11.1 Å². The van der Waals surface area contributed by atoms with Crippen molar-refractivity contribution in [3.63, 3.8) is 0 Å². The van der Waals surface area contributed by atoms with Crippen LogP contribution < -0.4 is 4.74 Å². The number of halogens is 3. The van der Waals surface area contributed by atoms with Crippen LogP contribution in [0.4, 0.5) is 13.2 Å². The lowest BCUT2D eigenvalue weighted by Gasteiger charge is -2.13. The molecule has 1 aromatic rings. The van der Waals surface area contributed by atoms with Crippen LogP contribution in [0.5, 0.6) is 5.75 Å². The van der Waals surface area contributed by atoms with Crippen molar-refractivity contribution in [3.05, 3.63) is 29.3 Å². The van der Waals surface area contributed by atoms with Gasteiger partial charge in [0.05, 0.1) is 13.0 Å². The Morgan fingerprint density at radius 2 is 2.05 bits per heavy atom. The van der Waals surface area contributed by atoms with Gasteiger partial charge in [0.1, 0.15) is 5.75 Å². The molecule has 0 spiro atoms. The normalized spacial score (nSPS) is 11.4. The van der Waals surface area contributed by atoms with Gasteiger partial charge < -0.3 is 14.6 Å². The summed E-state index contributed by atoms with van der Waals surface area (Å²) < 4.78 is 45.2. The number of benzene rings is 1. The molecule has 0 bridgehead atoms. The van der Waals surface area contributed by atoms with Crippen molar-refractivity contribution >= 4 is 5.97 Å². The Bertz CT molecular complexity index is 443. The third-order valence-corrected chi connectivity index (χ3v) is 2.29. The van der Waals surface area contributed by atoms with Crippen LogP contribution in [0, 0.1) is 0 Å². The Morgan fingerprint density at radius 1 is 1.37 bits per heavy atom. The molecule has 0 amide bonds. The molecular weight excluding hydrogens is 265 g/mol. The van der Waals surface area contributed by atoms with Crippen LogP contribution in [-0.4, -0.2) is 31.2 Å². The minimum Gasteiger partial charge on any atom is -0.481 e.